The summed E-state index contributed by atoms with van der Waals surface area (Å²) in [5, 5.41) is 0.808. The second-order valence-electron chi connectivity index (χ2n) is 4.53. The van der Waals surface area contributed by atoms with Crippen LogP contribution in [0.25, 0.3) is 0 Å². The number of rotatable bonds is 3. The van der Waals surface area contributed by atoms with Crippen LogP contribution in [0.5, 0.6) is 0 Å². The molecule has 20 heavy (non-hydrogen) atoms. The molecule has 2 N–H and O–H groups in total. The Morgan fingerprint density at radius 1 is 1.10 bits per heavy atom. The number of amides is 1. The second kappa shape index (κ2) is 6.16. The van der Waals surface area contributed by atoms with Crippen LogP contribution in [-0.4, -0.2) is 17.9 Å². The summed E-state index contributed by atoms with van der Waals surface area (Å²) in [5.41, 5.74) is 7.85. The molecule has 0 atom stereocenters. The number of anilines is 1. The number of halogens is 2. The average molecular weight is 309 g/mol. The molecule has 0 unspecified atom stereocenters. The van der Waals surface area contributed by atoms with E-state index in [1.165, 1.54) is 0 Å². The summed E-state index contributed by atoms with van der Waals surface area (Å²) in [6.07, 6.45) is 0. The van der Waals surface area contributed by atoms with Gasteiger partial charge in [-0.1, -0.05) is 35.3 Å². The van der Waals surface area contributed by atoms with Crippen LogP contribution in [0.15, 0.2) is 42.5 Å². The van der Waals surface area contributed by atoms with Gasteiger partial charge in [-0.15, -0.1) is 0 Å². The maximum absolute atomic E-state index is 12.3. The molecule has 0 spiro atoms. The number of nitrogens with zero attached hydrogens (tertiary/aromatic N) is 1. The van der Waals surface area contributed by atoms with Crippen LogP contribution in [0.2, 0.25) is 10.0 Å². The van der Waals surface area contributed by atoms with Crippen molar-refractivity contribution in [2.24, 2.45) is 0 Å². The highest BCUT2D eigenvalue weighted by Crippen LogP contribution is 2.23. The minimum Gasteiger partial charge on any atom is -0.399 e. The first-order valence-electron chi connectivity index (χ1n) is 6.02. The van der Waals surface area contributed by atoms with E-state index in [-0.39, 0.29) is 5.91 Å². The van der Waals surface area contributed by atoms with Crippen LogP contribution in [0, 0.1) is 0 Å². The predicted molar refractivity (Wildman–Crippen MR) is 83.1 cm³/mol. The zero-order valence-corrected chi connectivity index (χ0v) is 12.4. The summed E-state index contributed by atoms with van der Waals surface area (Å²) in [7, 11) is 1.74. The Hall–Kier alpha value is -1.71. The van der Waals surface area contributed by atoms with E-state index in [1.807, 2.05) is 24.3 Å². The molecule has 0 heterocycles. The predicted octanol–water partition coefficient (Wildman–Crippen LogP) is 3.85. The summed E-state index contributed by atoms with van der Waals surface area (Å²) in [6, 6.07) is 12.3. The van der Waals surface area contributed by atoms with E-state index in [2.05, 4.69) is 0 Å². The molecule has 2 aromatic carbocycles. The topological polar surface area (TPSA) is 46.3 Å². The van der Waals surface area contributed by atoms with Crippen molar-refractivity contribution >= 4 is 34.8 Å². The first-order valence-corrected chi connectivity index (χ1v) is 6.78. The van der Waals surface area contributed by atoms with Gasteiger partial charge in [0.2, 0.25) is 0 Å². The normalized spacial score (nSPS) is 10.3. The quantitative estimate of drug-likeness (QED) is 0.875. The van der Waals surface area contributed by atoms with Gasteiger partial charge >= 0.3 is 0 Å². The van der Waals surface area contributed by atoms with E-state index in [0.717, 1.165) is 5.56 Å². The highest BCUT2D eigenvalue weighted by atomic mass is 35.5. The lowest BCUT2D eigenvalue weighted by Gasteiger charge is -2.17. The number of carbonyl (C=O) groups is 1. The van der Waals surface area contributed by atoms with Crippen molar-refractivity contribution in [2.45, 2.75) is 6.54 Å². The van der Waals surface area contributed by atoms with Crippen molar-refractivity contribution in [1.82, 2.24) is 4.90 Å². The molecule has 0 aliphatic heterocycles. The van der Waals surface area contributed by atoms with Gasteiger partial charge in [0.05, 0.1) is 10.0 Å². The Morgan fingerprint density at radius 2 is 1.75 bits per heavy atom. The molecule has 0 aliphatic rings. The van der Waals surface area contributed by atoms with Gasteiger partial charge in [-0.25, -0.2) is 0 Å². The van der Waals surface area contributed by atoms with Gasteiger partial charge in [0.15, 0.2) is 0 Å². The minimum absolute atomic E-state index is 0.111. The van der Waals surface area contributed by atoms with E-state index in [9.17, 15) is 4.79 Å². The van der Waals surface area contributed by atoms with E-state index in [4.69, 9.17) is 28.9 Å². The highest BCUT2D eigenvalue weighted by Gasteiger charge is 2.13. The van der Waals surface area contributed by atoms with Crippen LogP contribution in [0.1, 0.15) is 15.9 Å². The fourth-order valence-corrected chi connectivity index (χ4v) is 2.12. The van der Waals surface area contributed by atoms with Gasteiger partial charge in [0, 0.05) is 24.8 Å². The minimum atomic E-state index is -0.111. The molecule has 0 saturated heterocycles. The number of hydrogen-bond donors (Lipinski definition) is 1. The van der Waals surface area contributed by atoms with Crippen molar-refractivity contribution in [2.75, 3.05) is 12.8 Å². The Labute approximate surface area is 127 Å². The molecule has 5 heteroatoms. The van der Waals surface area contributed by atoms with Crippen molar-refractivity contribution in [3.05, 3.63) is 63.6 Å². The zero-order valence-electron chi connectivity index (χ0n) is 10.9. The van der Waals surface area contributed by atoms with Crippen LogP contribution >= 0.6 is 23.2 Å². The molecular weight excluding hydrogens is 295 g/mol. The fourth-order valence-electron chi connectivity index (χ4n) is 1.82. The van der Waals surface area contributed by atoms with Crippen LogP contribution in [0.3, 0.4) is 0 Å². The van der Waals surface area contributed by atoms with Crippen LogP contribution in [0.4, 0.5) is 5.69 Å². The average Bonchev–Trinajstić information content (AvgIpc) is 2.43. The lowest BCUT2D eigenvalue weighted by Crippen LogP contribution is -2.26. The van der Waals surface area contributed by atoms with Crippen molar-refractivity contribution in [1.29, 1.82) is 0 Å². The lowest BCUT2D eigenvalue weighted by atomic mass is 10.1. The number of nitrogen functional groups attached to an aromatic ring is 1. The molecule has 2 rings (SSSR count). The molecule has 0 saturated carbocycles. The zero-order chi connectivity index (χ0) is 14.7. The van der Waals surface area contributed by atoms with Gasteiger partial charge in [-0.2, -0.15) is 0 Å². The molecule has 0 radical (unpaired) electrons. The standard InChI is InChI=1S/C15H14Cl2N2O/c1-19(9-10-2-5-12(18)6-3-10)15(20)11-4-7-13(16)14(17)8-11/h2-8H,9,18H2,1H3. The maximum atomic E-state index is 12.3. The van der Waals surface area contributed by atoms with E-state index >= 15 is 0 Å². The van der Waals surface area contributed by atoms with Crippen LogP contribution in [-0.2, 0) is 6.54 Å². The third-order valence-corrected chi connectivity index (χ3v) is 3.65. The van der Waals surface area contributed by atoms with Gasteiger partial charge in [-0.05, 0) is 35.9 Å². The molecule has 1 amide bonds. The SMILES string of the molecule is CN(Cc1ccc(N)cc1)C(=O)c1ccc(Cl)c(Cl)c1. The molecular formula is C15H14Cl2N2O. The number of nitrogens with two attached hydrogens (primary N) is 1. The molecule has 104 valence electrons. The monoisotopic (exact) mass is 308 g/mol. The molecule has 0 bridgehead atoms. The fraction of sp³-hybridized carbons (Fsp3) is 0.133. The summed E-state index contributed by atoms with van der Waals surface area (Å²) < 4.78 is 0. The van der Waals surface area contributed by atoms with E-state index < -0.39 is 0 Å². The van der Waals surface area contributed by atoms with Gasteiger partial charge < -0.3 is 10.6 Å². The smallest absolute Gasteiger partial charge is 0.253 e. The lowest BCUT2D eigenvalue weighted by molar-refractivity contribution is 0.0785. The second-order valence-corrected chi connectivity index (χ2v) is 5.35. The van der Waals surface area contributed by atoms with Crippen molar-refractivity contribution in [3.8, 4) is 0 Å². The maximum Gasteiger partial charge on any atom is 0.253 e. The Balaban J connectivity index is 2.11. The Bertz CT molecular complexity index is 626. The summed E-state index contributed by atoms with van der Waals surface area (Å²) >= 11 is 11.8. The highest BCUT2D eigenvalue weighted by molar-refractivity contribution is 6.42. The molecule has 0 fully saturated rings. The molecule has 0 aromatic heterocycles. The number of carbonyl (C=O) groups excluding carboxylic acids is 1. The van der Waals surface area contributed by atoms with Crippen LogP contribution < -0.4 is 5.73 Å². The first kappa shape index (κ1) is 14.7. The molecule has 2 aromatic rings. The third kappa shape index (κ3) is 3.44. The molecule has 0 aliphatic carbocycles. The Morgan fingerprint density at radius 3 is 2.35 bits per heavy atom. The van der Waals surface area contributed by atoms with Crippen molar-refractivity contribution < 1.29 is 4.79 Å². The first-order chi connectivity index (χ1) is 9.47. The summed E-state index contributed by atoms with van der Waals surface area (Å²) in [5.74, 6) is -0.111. The van der Waals surface area contributed by atoms with Gasteiger partial charge in [0.25, 0.3) is 5.91 Å². The van der Waals surface area contributed by atoms with Gasteiger partial charge in [0.1, 0.15) is 0 Å². The van der Waals surface area contributed by atoms with E-state index in [1.54, 1.807) is 30.1 Å². The van der Waals surface area contributed by atoms with E-state index in [0.29, 0.717) is 27.8 Å². The largest absolute Gasteiger partial charge is 0.399 e. The van der Waals surface area contributed by atoms with Gasteiger partial charge in [-0.3, -0.25) is 4.79 Å². The number of hydrogen-bond acceptors (Lipinski definition) is 2. The third-order valence-electron chi connectivity index (χ3n) is 2.91. The van der Waals surface area contributed by atoms with Crippen molar-refractivity contribution in [3.63, 3.8) is 0 Å². The molecule has 3 nitrogen and oxygen atoms in total. The summed E-state index contributed by atoms with van der Waals surface area (Å²) in [4.78, 5) is 13.9. The Kier molecular flexibility index (Phi) is 4.53. The number of benzene rings is 2. The summed E-state index contributed by atoms with van der Waals surface area (Å²) in [6.45, 7) is 0.499.